The molecular weight excluding hydrogens is 478 g/mol. The van der Waals surface area contributed by atoms with Crippen molar-refractivity contribution in [1.29, 1.82) is 0 Å². The number of carbonyl (C=O) groups is 3. The van der Waals surface area contributed by atoms with Gasteiger partial charge in [0.15, 0.2) is 0 Å². The Morgan fingerprint density at radius 2 is 1.75 bits per heavy atom. The van der Waals surface area contributed by atoms with Gasteiger partial charge >= 0.3 is 0 Å². The lowest BCUT2D eigenvalue weighted by Gasteiger charge is -2.35. The van der Waals surface area contributed by atoms with Crippen LogP contribution in [0.1, 0.15) is 65.4 Å². The van der Waals surface area contributed by atoms with Crippen LogP contribution < -0.4 is 10.6 Å². The van der Waals surface area contributed by atoms with Crippen molar-refractivity contribution in [3.8, 4) is 0 Å². The predicted molar refractivity (Wildman–Crippen MR) is 137 cm³/mol. The first kappa shape index (κ1) is 25.3. The Kier molecular flexibility index (Phi) is 6.23. The first-order valence-corrected chi connectivity index (χ1v) is 13.4. The third-order valence-corrected chi connectivity index (χ3v) is 8.30. The summed E-state index contributed by atoms with van der Waals surface area (Å²) in [6.07, 6.45) is 9.02. The summed E-state index contributed by atoms with van der Waals surface area (Å²) >= 11 is 6.07. The third-order valence-electron chi connectivity index (χ3n) is 8.04. The zero-order valence-corrected chi connectivity index (χ0v) is 22.2. The number of halogens is 1. The molecule has 0 radical (unpaired) electrons. The summed E-state index contributed by atoms with van der Waals surface area (Å²) in [5, 5.41) is 6.86. The Morgan fingerprint density at radius 3 is 2.39 bits per heavy atom. The number of hydrogen-bond acceptors (Lipinski definition) is 4. The van der Waals surface area contributed by atoms with Crippen molar-refractivity contribution in [2.24, 2.45) is 11.8 Å². The van der Waals surface area contributed by atoms with Crippen molar-refractivity contribution in [3.05, 3.63) is 47.0 Å². The molecule has 8 heteroatoms. The summed E-state index contributed by atoms with van der Waals surface area (Å²) in [6.45, 7) is 7.80. The summed E-state index contributed by atoms with van der Waals surface area (Å²) < 4.78 is 6.58. The normalized spacial score (nSPS) is 33.6. The van der Waals surface area contributed by atoms with Gasteiger partial charge in [0, 0.05) is 23.1 Å². The summed E-state index contributed by atoms with van der Waals surface area (Å²) in [4.78, 5) is 43.1. The molecule has 2 N–H and O–H groups in total. The van der Waals surface area contributed by atoms with Crippen molar-refractivity contribution in [3.63, 3.8) is 0 Å². The summed E-state index contributed by atoms with van der Waals surface area (Å²) in [5.74, 6) is -2.13. The number of likely N-dealkylation sites (tertiary alicyclic amines) is 1. The molecule has 3 aliphatic heterocycles. The topological polar surface area (TPSA) is 87.7 Å². The summed E-state index contributed by atoms with van der Waals surface area (Å²) in [7, 11) is 0. The van der Waals surface area contributed by atoms with Gasteiger partial charge in [0.2, 0.25) is 17.7 Å². The molecule has 1 spiro atoms. The molecule has 1 aromatic carbocycles. The van der Waals surface area contributed by atoms with E-state index in [1.165, 1.54) is 6.42 Å². The molecule has 36 heavy (non-hydrogen) atoms. The minimum Gasteiger partial charge on any atom is -0.356 e. The number of fused-ring (bicyclic) bond motifs is 1. The molecule has 3 fully saturated rings. The molecule has 1 aromatic rings. The third kappa shape index (κ3) is 4.24. The molecule has 0 aromatic heterocycles. The van der Waals surface area contributed by atoms with Crippen LogP contribution in [0.4, 0.5) is 0 Å². The highest BCUT2D eigenvalue weighted by Crippen LogP contribution is 2.60. The van der Waals surface area contributed by atoms with Gasteiger partial charge in [-0.05, 0) is 58.2 Å². The van der Waals surface area contributed by atoms with Gasteiger partial charge in [-0.3, -0.25) is 14.4 Å². The van der Waals surface area contributed by atoms with Gasteiger partial charge in [-0.25, -0.2) is 0 Å². The van der Waals surface area contributed by atoms with Crippen LogP contribution in [0.5, 0.6) is 0 Å². The van der Waals surface area contributed by atoms with E-state index in [2.05, 4.69) is 10.6 Å². The van der Waals surface area contributed by atoms with Crippen LogP contribution in [0.25, 0.3) is 0 Å². The van der Waals surface area contributed by atoms with Gasteiger partial charge in [0.05, 0.1) is 17.4 Å². The van der Waals surface area contributed by atoms with Crippen molar-refractivity contribution in [2.45, 2.75) is 95.2 Å². The fourth-order valence-corrected chi connectivity index (χ4v) is 6.69. The van der Waals surface area contributed by atoms with Crippen molar-refractivity contribution < 1.29 is 19.1 Å². The number of nitrogens with one attached hydrogen (secondary N) is 2. The first-order valence-electron chi connectivity index (χ1n) is 13.0. The SMILES string of the molecule is CC(C)(C)NC(=O)[C@H]1N(Cc2ccc(Cl)cc2)C(=O)[C@@H]2[C@H](C(=O)NC3CCCCC3)[C@@]3(C)C=C[C@@]21O3. The smallest absolute Gasteiger partial charge is 0.246 e. The molecule has 3 heterocycles. The van der Waals surface area contributed by atoms with Crippen molar-refractivity contribution >= 4 is 29.3 Å². The average Bonchev–Trinajstić information content (AvgIpc) is 3.36. The fraction of sp³-hybridized carbons (Fsp3) is 0.607. The van der Waals surface area contributed by atoms with E-state index in [0.717, 1.165) is 31.2 Å². The van der Waals surface area contributed by atoms with E-state index in [0.29, 0.717) is 5.02 Å². The number of amides is 3. The van der Waals surface area contributed by atoms with Gasteiger partial charge in [-0.15, -0.1) is 0 Å². The average molecular weight is 514 g/mol. The highest BCUT2D eigenvalue weighted by atomic mass is 35.5. The maximum Gasteiger partial charge on any atom is 0.246 e. The second-order valence-corrected chi connectivity index (χ2v) is 12.4. The van der Waals surface area contributed by atoms with E-state index in [1.54, 1.807) is 17.0 Å². The number of hydrogen-bond donors (Lipinski definition) is 2. The van der Waals surface area contributed by atoms with Crippen LogP contribution in [0.2, 0.25) is 5.02 Å². The maximum absolute atomic E-state index is 14.1. The molecule has 7 nitrogen and oxygen atoms in total. The van der Waals surface area contributed by atoms with Gasteiger partial charge in [0.25, 0.3) is 0 Å². The number of ether oxygens (including phenoxy) is 1. The van der Waals surface area contributed by atoms with E-state index in [9.17, 15) is 14.4 Å². The molecule has 1 aliphatic carbocycles. The standard InChI is InChI=1S/C28H36ClN3O4/c1-26(2,3)31-24(34)22-28-15-14-27(4,36-28)20(23(33)30-19-8-6-5-7-9-19)21(28)25(35)32(22)16-17-10-12-18(29)13-11-17/h10-15,19-22H,5-9,16H2,1-4H3,(H,30,33)(H,31,34)/t20-,21+,22-,27-,28-/m1/s1. The van der Waals surface area contributed by atoms with Crippen LogP contribution in [-0.4, -0.2) is 51.4 Å². The van der Waals surface area contributed by atoms with Gasteiger partial charge in [0.1, 0.15) is 11.6 Å². The largest absolute Gasteiger partial charge is 0.356 e. The lowest BCUT2D eigenvalue weighted by molar-refractivity contribution is -0.146. The second-order valence-electron chi connectivity index (χ2n) is 12.0. The zero-order chi connectivity index (χ0) is 25.9. The Morgan fingerprint density at radius 1 is 1.08 bits per heavy atom. The quantitative estimate of drug-likeness (QED) is 0.587. The number of benzene rings is 1. The predicted octanol–water partition coefficient (Wildman–Crippen LogP) is 3.74. The van der Waals surface area contributed by atoms with E-state index in [4.69, 9.17) is 16.3 Å². The van der Waals surface area contributed by atoms with Crippen LogP contribution in [0, 0.1) is 11.8 Å². The van der Waals surface area contributed by atoms with E-state index in [-0.39, 0.29) is 30.3 Å². The maximum atomic E-state index is 14.1. The molecule has 5 rings (SSSR count). The van der Waals surface area contributed by atoms with Crippen molar-refractivity contribution in [2.75, 3.05) is 0 Å². The Labute approximate surface area is 218 Å². The number of nitrogens with zero attached hydrogens (tertiary/aromatic N) is 1. The molecule has 194 valence electrons. The first-order chi connectivity index (χ1) is 16.9. The molecule has 1 saturated carbocycles. The van der Waals surface area contributed by atoms with Gasteiger partial charge < -0.3 is 20.3 Å². The fourth-order valence-electron chi connectivity index (χ4n) is 6.56. The second kappa shape index (κ2) is 8.88. The lowest BCUT2D eigenvalue weighted by atomic mass is 9.70. The van der Waals surface area contributed by atoms with E-state index < -0.39 is 34.6 Å². The molecular formula is C28H36ClN3O4. The van der Waals surface area contributed by atoms with E-state index in [1.807, 2.05) is 52.0 Å². The molecule has 3 amide bonds. The summed E-state index contributed by atoms with van der Waals surface area (Å²) in [5.41, 5.74) is -1.78. The summed E-state index contributed by atoms with van der Waals surface area (Å²) in [6, 6.07) is 6.46. The Hall–Kier alpha value is -2.38. The van der Waals surface area contributed by atoms with Gasteiger partial charge in [-0.1, -0.05) is 55.1 Å². The number of rotatable bonds is 5. The van der Waals surface area contributed by atoms with Crippen LogP contribution >= 0.6 is 11.6 Å². The Bertz CT molecular complexity index is 1090. The van der Waals surface area contributed by atoms with Gasteiger partial charge in [-0.2, -0.15) is 0 Å². The van der Waals surface area contributed by atoms with E-state index >= 15 is 0 Å². The lowest BCUT2D eigenvalue weighted by Crippen LogP contribution is -2.57. The highest BCUT2D eigenvalue weighted by Gasteiger charge is 2.76. The number of carbonyl (C=O) groups excluding carboxylic acids is 3. The minimum absolute atomic E-state index is 0.121. The van der Waals surface area contributed by atoms with Crippen LogP contribution in [0.15, 0.2) is 36.4 Å². The van der Waals surface area contributed by atoms with Crippen LogP contribution in [-0.2, 0) is 25.7 Å². The molecule has 5 atom stereocenters. The Balaban J connectivity index is 1.51. The van der Waals surface area contributed by atoms with Crippen LogP contribution in [0.3, 0.4) is 0 Å². The molecule has 4 aliphatic rings. The molecule has 0 unspecified atom stereocenters. The minimum atomic E-state index is -1.19. The molecule has 2 saturated heterocycles. The zero-order valence-electron chi connectivity index (χ0n) is 21.5. The van der Waals surface area contributed by atoms with Crippen molar-refractivity contribution in [1.82, 2.24) is 15.5 Å². The monoisotopic (exact) mass is 513 g/mol. The molecule has 2 bridgehead atoms. The highest BCUT2D eigenvalue weighted by molar-refractivity contribution is 6.30.